The Kier molecular flexibility index (Phi) is 2.96. The van der Waals surface area contributed by atoms with E-state index in [2.05, 4.69) is 9.72 Å². The summed E-state index contributed by atoms with van der Waals surface area (Å²) in [6, 6.07) is 4.87. The summed E-state index contributed by atoms with van der Waals surface area (Å²) in [6.45, 7) is 0. The normalized spacial score (nSPS) is 10.1. The number of aromatic nitrogens is 1. The van der Waals surface area contributed by atoms with Crippen LogP contribution in [0, 0.1) is 5.82 Å². The summed E-state index contributed by atoms with van der Waals surface area (Å²) in [5.41, 5.74) is 0.779. The van der Waals surface area contributed by atoms with Gasteiger partial charge in [-0.1, -0.05) is 6.07 Å². The number of nitrogens with zero attached hydrogens (tertiary/aromatic N) is 1. The highest BCUT2D eigenvalue weighted by Gasteiger charge is 2.17. The molecule has 0 saturated heterocycles. The summed E-state index contributed by atoms with van der Waals surface area (Å²) in [5, 5.41) is 0. The van der Waals surface area contributed by atoms with Crippen molar-refractivity contribution in [2.45, 2.75) is 0 Å². The fourth-order valence-electron chi connectivity index (χ4n) is 1.25. The Labute approximate surface area is 95.5 Å². The van der Waals surface area contributed by atoms with Crippen molar-refractivity contribution in [3.63, 3.8) is 0 Å². The molecule has 2 heterocycles. The molecule has 0 atom stereocenters. The van der Waals surface area contributed by atoms with Crippen LogP contribution in [0.25, 0.3) is 10.4 Å². The minimum absolute atomic E-state index is 0.0126. The van der Waals surface area contributed by atoms with Crippen molar-refractivity contribution in [3.8, 4) is 10.4 Å². The van der Waals surface area contributed by atoms with E-state index in [1.165, 1.54) is 13.2 Å². The molecular weight excluding hydrogens is 229 g/mol. The van der Waals surface area contributed by atoms with Crippen molar-refractivity contribution < 1.29 is 13.9 Å². The van der Waals surface area contributed by atoms with E-state index in [1.54, 1.807) is 24.5 Å². The van der Waals surface area contributed by atoms with Crippen LogP contribution in [0.2, 0.25) is 0 Å². The van der Waals surface area contributed by atoms with Crippen molar-refractivity contribution >= 4 is 17.3 Å². The number of methoxy groups -OCH3 is 1. The molecule has 5 heteroatoms. The van der Waals surface area contributed by atoms with Crippen LogP contribution in [0.3, 0.4) is 0 Å². The quantitative estimate of drug-likeness (QED) is 0.754. The first-order chi connectivity index (χ1) is 7.72. The summed E-state index contributed by atoms with van der Waals surface area (Å²) in [5.74, 6) is -1.21. The Morgan fingerprint density at radius 1 is 1.56 bits per heavy atom. The first-order valence-electron chi connectivity index (χ1n) is 4.50. The Balaban J connectivity index is 2.42. The van der Waals surface area contributed by atoms with Crippen molar-refractivity contribution in [3.05, 3.63) is 41.3 Å². The number of hydrogen-bond donors (Lipinski definition) is 0. The van der Waals surface area contributed by atoms with Gasteiger partial charge in [0.15, 0.2) is 0 Å². The minimum Gasteiger partial charge on any atom is -0.465 e. The molecule has 0 aromatic carbocycles. The lowest BCUT2D eigenvalue weighted by Gasteiger charge is -1.94. The molecule has 0 aliphatic rings. The predicted molar refractivity (Wildman–Crippen MR) is 58.8 cm³/mol. The Bertz CT molecular complexity index is 510. The van der Waals surface area contributed by atoms with E-state index >= 15 is 0 Å². The zero-order valence-electron chi connectivity index (χ0n) is 8.44. The van der Waals surface area contributed by atoms with Gasteiger partial charge < -0.3 is 4.74 Å². The highest BCUT2D eigenvalue weighted by Crippen LogP contribution is 2.30. The molecule has 16 heavy (non-hydrogen) atoms. The van der Waals surface area contributed by atoms with Gasteiger partial charge >= 0.3 is 5.97 Å². The third kappa shape index (κ3) is 1.94. The average molecular weight is 237 g/mol. The molecule has 0 N–H and O–H groups in total. The molecule has 0 fully saturated rings. The van der Waals surface area contributed by atoms with Crippen LogP contribution in [-0.2, 0) is 4.74 Å². The molecule has 0 aliphatic carbocycles. The number of ether oxygens (including phenoxy) is 1. The second-order valence-electron chi connectivity index (χ2n) is 3.02. The summed E-state index contributed by atoms with van der Waals surface area (Å²) in [7, 11) is 1.23. The zero-order chi connectivity index (χ0) is 11.5. The van der Waals surface area contributed by atoms with E-state index in [0.717, 1.165) is 16.9 Å². The van der Waals surface area contributed by atoms with Crippen LogP contribution >= 0.6 is 11.3 Å². The Morgan fingerprint density at radius 2 is 2.38 bits per heavy atom. The van der Waals surface area contributed by atoms with Gasteiger partial charge in [0.1, 0.15) is 10.7 Å². The van der Waals surface area contributed by atoms with Gasteiger partial charge in [-0.2, -0.15) is 0 Å². The summed E-state index contributed by atoms with van der Waals surface area (Å²) in [6.07, 6.45) is 3.25. The molecule has 2 aromatic heterocycles. The number of carbonyl (C=O) groups is 1. The van der Waals surface area contributed by atoms with Gasteiger partial charge in [-0.3, -0.25) is 4.98 Å². The maximum absolute atomic E-state index is 13.4. The molecule has 2 aromatic rings. The lowest BCUT2D eigenvalue weighted by molar-refractivity contribution is 0.0601. The lowest BCUT2D eigenvalue weighted by atomic mass is 10.2. The maximum Gasteiger partial charge on any atom is 0.351 e. The number of hydrogen-bond acceptors (Lipinski definition) is 4. The Hall–Kier alpha value is -1.75. The summed E-state index contributed by atoms with van der Waals surface area (Å²) in [4.78, 5) is 15.8. The van der Waals surface area contributed by atoms with Crippen molar-refractivity contribution in [1.29, 1.82) is 0 Å². The fourth-order valence-corrected chi connectivity index (χ4v) is 2.20. The molecule has 3 nitrogen and oxygen atoms in total. The fraction of sp³-hybridized carbons (Fsp3) is 0.0909. The number of pyridine rings is 1. The molecule has 0 spiro atoms. The predicted octanol–water partition coefficient (Wildman–Crippen LogP) is 2.74. The van der Waals surface area contributed by atoms with E-state index in [-0.39, 0.29) is 4.88 Å². The van der Waals surface area contributed by atoms with Gasteiger partial charge in [0.05, 0.1) is 7.11 Å². The SMILES string of the molecule is COC(=O)c1sc(-c2cccnc2)cc1F. The molecule has 0 bridgehead atoms. The van der Waals surface area contributed by atoms with Crippen LogP contribution in [0.1, 0.15) is 9.67 Å². The first kappa shape index (κ1) is 10.8. The third-order valence-corrected chi connectivity index (χ3v) is 3.14. The number of rotatable bonds is 2. The minimum atomic E-state index is -0.655. The maximum atomic E-state index is 13.4. The molecule has 0 amide bonds. The highest BCUT2D eigenvalue weighted by molar-refractivity contribution is 7.17. The molecule has 2 rings (SSSR count). The molecular formula is C11H8FNO2S. The third-order valence-electron chi connectivity index (χ3n) is 2.00. The van der Waals surface area contributed by atoms with Crippen LogP contribution in [-0.4, -0.2) is 18.1 Å². The van der Waals surface area contributed by atoms with Gasteiger partial charge in [0.25, 0.3) is 0 Å². The molecule has 0 saturated carbocycles. The topological polar surface area (TPSA) is 39.2 Å². The highest BCUT2D eigenvalue weighted by atomic mass is 32.1. The van der Waals surface area contributed by atoms with E-state index in [1.807, 2.05) is 0 Å². The molecule has 82 valence electrons. The standard InChI is InChI=1S/C11H8FNO2S/c1-15-11(14)10-8(12)5-9(16-10)7-3-2-4-13-6-7/h2-6H,1H3. The number of esters is 1. The van der Waals surface area contributed by atoms with Crippen molar-refractivity contribution in [2.75, 3.05) is 7.11 Å². The van der Waals surface area contributed by atoms with Crippen LogP contribution in [0.15, 0.2) is 30.6 Å². The molecule has 0 aliphatic heterocycles. The lowest BCUT2D eigenvalue weighted by Crippen LogP contribution is -1.99. The van der Waals surface area contributed by atoms with Gasteiger partial charge in [-0.25, -0.2) is 9.18 Å². The van der Waals surface area contributed by atoms with Gasteiger partial charge in [0, 0.05) is 22.8 Å². The molecule has 0 unspecified atom stereocenters. The van der Waals surface area contributed by atoms with Crippen molar-refractivity contribution in [2.24, 2.45) is 0 Å². The second-order valence-corrected chi connectivity index (χ2v) is 4.07. The van der Waals surface area contributed by atoms with Gasteiger partial charge in [-0.15, -0.1) is 11.3 Å². The number of carbonyl (C=O) groups excluding carboxylic acids is 1. The van der Waals surface area contributed by atoms with E-state index < -0.39 is 11.8 Å². The largest absolute Gasteiger partial charge is 0.465 e. The number of thiophene rings is 1. The summed E-state index contributed by atoms with van der Waals surface area (Å²) >= 11 is 1.06. The molecule has 0 radical (unpaired) electrons. The monoisotopic (exact) mass is 237 g/mol. The van der Waals surface area contributed by atoms with E-state index in [4.69, 9.17) is 0 Å². The van der Waals surface area contributed by atoms with Crippen LogP contribution in [0.4, 0.5) is 4.39 Å². The van der Waals surface area contributed by atoms with Crippen LogP contribution < -0.4 is 0 Å². The zero-order valence-corrected chi connectivity index (χ0v) is 9.25. The Morgan fingerprint density at radius 3 is 3.00 bits per heavy atom. The van der Waals surface area contributed by atoms with Gasteiger partial charge in [0.2, 0.25) is 0 Å². The summed E-state index contributed by atoms with van der Waals surface area (Å²) < 4.78 is 17.9. The van der Waals surface area contributed by atoms with E-state index in [0.29, 0.717) is 4.88 Å². The van der Waals surface area contributed by atoms with Crippen LogP contribution in [0.5, 0.6) is 0 Å². The number of halogens is 1. The average Bonchev–Trinajstić information content (AvgIpc) is 2.71. The van der Waals surface area contributed by atoms with Gasteiger partial charge in [-0.05, 0) is 12.1 Å². The first-order valence-corrected chi connectivity index (χ1v) is 5.32. The second kappa shape index (κ2) is 4.40. The smallest absolute Gasteiger partial charge is 0.351 e. The van der Waals surface area contributed by atoms with Crippen molar-refractivity contribution in [1.82, 2.24) is 4.98 Å². The van der Waals surface area contributed by atoms with E-state index in [9.17, 15) is 9.18 Å².